The van der Waals surface area contributed by atoms with Crippen LogP contribution in [0.1, 0.15) is 35.4 Å². The molecular weight excluding hydrogens is 238 g/mol. The second-order valence-corrected chi connectivity index (χ2v) is 5.17. The van der Waals surface area contributed by atoms with Gasteiger partial charge in [0.25, 0.3) is 5.91 Å². The van der Waals surface area contributed by atoms with Gasteiger partial charge in [0.15, 0.2) is 0 Å². The number of thiophene rings is 1. The zero-order valence-electron chi connectivity index (χ0n) is 9.81. The summed E-state index contributed by atoms with van der Waals surface area (Å²) in [5, 5.41) is 14.5. The number of hydrogen-bond acceptors (Lipinski definition) is 4. The molecule has 0 radical (unpaired) electrons. The molecule has 0 saturated heterocycles. The summed E-state index contributed by atoms with van der Waals surface area (Å²) < 4.78 is 5.11. The minimum Gasteiger partial charge on any atom is -0.495 e. The first-order valence-corrected chi connectivity index (χ1v) is 6.70. The number of aliphatic hydroxyl groups is 1. The molecule has 1 fully saturated rings. The van der Waals surface area contributed by atoms with Crippen molar-refractivity contribution in [3.63, 3.8) is 0 Å². The third-order valence-corrected chi connectivity index (χ3v) is 4.00. The third-order valence-electron chi connectivity index (χ3n) is 3.10. The smallest absolute Gasteiger partial charge is 0.265 e. The Morgan fingerprint density at radius 2 is 2.29 bits per heavy atom. The van der Waals surface area contributed by atoms with Crippen LogP contribution in [-0.4, -0.2) is 30.3 Å². The molecule has 1 heterocycles. The van der Waals surface area contributed by atoms with Crippen molar-refractivity contribution in [2.45, 2.75) is 37.8 Å². The number of rotatable bonds is 3. The molecular formula is C12H17NO3S. The number of amides is 1. The number of aliphatic hydroxyl groups excluding tert-OH is 1. The topological polar surface area (TPSA) is 58.6 Å². The van der Waals surface area contributed by atoms with Crippen LogP contribution in [0, 0.1) is 0 Å². The maximum Gasteiger partial charge on any atom is 0.265 e. The van der Waals surface area contributed by atoms with Crippen molar-refractivity contribution in [3.8, 4) is 5.75 Å². The maximum absolute atomic E-state index is 12.0. The summed E-state index contributed by atoms with van der Waals surface area (Å²) in [6, 6.07) is 1.65. The summed E-state index contributed by atoms with van der Waals surface area (Å²) >= 11 is 1.35. The number of hydrogen-bond donors (Lipinski definition) is 2. The SMILES string of the molecule is COc1ccsc1C(=O)NC1CCCCC1O. The van der Waals surface area contributed by atoms with Crippen LogP contribution in [0.3, 0.4) is 0 Å². The summed E-state index contributed by atoms with van der Waals surface area (Å²) in [6.45, 7) is 0. The molecule has 5 heteroatoms. The molecule has 0 aliphatic heterocycles. The van der Waals surface area contributed by atoms with E-state index in [1.807, 2.05) is 5.38 Å². The fourth-order valence-corrected chi connectivity index (χ4v) is 2.90. The van der Waals surface area contributed by atoms with Gasteiger partial charge in [-0.2, -0.15) is 0 Å². The summed E-state index contributed by atoms with van der Waals surface area (Å²) in [4.78, 5) is 12.6. The lowest BCUT2D eigenvalue weighted by Crippen LogP contribution is -2.44. The van der Waals surface area contributed by atoms with Gasteiger partial charge in [0.2, 0.25) is 0 Å². The van der Waals surface area contributed by atoms with Crippen molar-refractivity contribution in [1.29, 1.82) is 0 Å². The second-order valence-electron chi connectivity index (χ2n) is 4.25. The molecule has 94 valence electrons. The Balaban J connectivity index is 2.01. The van der Waals surface area contributed by atoms with E-state index in [0.29, 0.717) is 10.6 Å². The average molecular weight is 255 g/mol. The van der Waals surface area contributed by atoms with Gasteiger partial charge in [-0.25, -0.2) is 0 Å². The number of nitrogens with one attached hydrogen (secondary N) is 1. The molecule has 1 aliphatic rings. The molecule has 2 N–H and O–H groups in total. The van der Waals surface area contributed by atoms with Gasteiger partial charge in [0.05, 0.1) is 19.3 Å². The summed E-state index contributed by atoms with van der Waals surface area (Å²) in [5.74, 6) is 0.445. The van der Waals surface area contributed by atoms with Gasteiger partial charge in [-0.15, -0.1) is 11.3 Å². The summed E-state index contributed by atoms with van der Waals surface area (Å²) in [7, 11) is 1.55. The molecule has 4 nitrogen and oxygen atoms in total. The van der Waals surface area contributed by atoms with Gasteiger partial charge < -0.3 is 15.2 Å². The van der Waals surface area contributed by atoms with E-state index in [4.69, 9.17) is 4.74 Å². The highest BCUT2D eigenvalue weighted by molar-refractivity contribution is 7.12. The molecule has 1 aliphatic carbocycles. The van der Waals surface area contributed by atoms with Crippen LogP contribution in [0.15, 0.2) is 11.4 Å². The van der Waals surface area contributed by atoms with Crippen molar-refractivity contribution in [3.05, 3.63) is 16.3 Å². The molecule has 2 unspecified atom stereocenters. The highest BCUT2D eigenvalue weighted by Gasteiger charge is 2.26. The Morgan fingerprint density at radius 3 is 3.00 bits per heavy atom. The zero-order valence-corrected chi connectivity index (χ0v) is 10.6. The van der Waals surface area contributed by atoms with E-state index in [2.05, 4.69) is 5.32 Å². The predicted octanol–water partition coefficient (Wildman–Crippen LogP) is 1.79. The highest BCUT2D eigenvalue weighted by Crippen LogP contribution is 2.25. The molecule has 1 saturated carbocycles. The predicted molar refractivity (Wildman–Crippen MR) is 66.6 cm³/mol. The molecule has 0 aromatic carbocycles. The van der Waals surface area contributed by atoms with Crippen LogP contribution < -0.4 is 10.1 Å². The van der Waals surface area contributed by atoms with Gasteiger partial charge in [-0.05, 0) is 24.3 Å². The van der Waals surface area contributed by atoms with Gasteiger partial charge in [-0.1, -0.05) is 12.8 Å². The summed E-state index contributed by atoms with van der Waals surface area (Å²) in [6.07, 6.45) is 3.30. The minimum atomic E-state index is -0.418. The normalized spacial score (nSPS) is 24.4. The van der Waals surface area contributed by atoms with Crippen LogP contribution in [0.25, 0.3) is 0 Å². The molecule has 2 atom stereocenters. The zero-order chi connectivity index (χ0) is 12.3. The highest BCUT2D eigenvalue weighted by atomic mass is 32.1. The van der Waals surface area contributed by atoms with Gasteiger partial charge in [-0.3, -0.25) is 4.79 Å². The molecule has 1 amide bonds. The van der Waals surface area contributed by atoms with Gasteiger partial charge >= 0.3 is 0 Å². The minimum absolute atomic E-state index is 0.122. The Bertz CT molecular complexity index is 391. The maximum atomic E-state index is 12.0. The number of methoxy groups -OCH3 is 1. The van der Waals surface area contributed by atoms with Crippen molar-refractivity contribution < 1.29 is 14.6 Å². The van der Waals surface area contributed by atoms with Gasteiger partial charge in [0.1, 0.15) is 10.6 Å². The number of ether oxygens (including phenoxy) is 1. The van der Waals surface area contributed by atoms with Crippen molar-refractivity contribution in [2.24, 2.45) is 0 Å². The first-order chi connectivity index (χ1) is 8.22. The molecule has 1 aromatic rings. The molecule has 0 bridgehead atoms. The molecule has 2 rings (SSSR count). The first-order valence-electron chi connectivity index (χ1n) is 5.83. The Hall–Kier alpha value is -1.07. The lowest BCUT2D eigenvalue weighted by Gasteiger charge is -2.28. The van der Waals surface area contributed by atoms with Crippen LogP contribution in [0.2, 0.25) is 0 Å². The van der Waals surface area contributed by atoms with Gasteiger partial charge in [0, 0.05) is 0 Å². The van der Waals surface area contributed by atoms with Crippen LogP contribution >= 0.6 is 11.3 Å². The van der Waals surface area contributed by atoms with E-state index in [1.165, 1.54) is 11.3 Å². The largest absolute Gasteiger partial charge is 0.495 e. The fraction of sp³-hybridized carbons (Fsp3) is 0.583. The van der Waals surface area contributed by atoms with Crippen LogP contribution in [0.4, 0.5) is 0 Å². The Kier molecular flexibility index (Phi) is 4.02. The number of carbonyl (C=O) groups excluding carboxylic acids is 1. The van der Waals surface area contributed by atoms with Crippen molar-refractivity contribution in [2.75, 3.05) is 7.11 Å². The van der Waals surface area contributed by atoms with Crippen LogP contribution in [-0.2, 0) is 0 Å². The van der Waals surface area contributed by atoms with E-state index in [0.717, 1.165) is 25.7 Å². The van der Waals surface area contributed by atoms with Crippen molar-refractivity contribution >= 4 is 17.2 Å². The van der Waals surface area contributed by atoms with E-state index in [1.54, 1.807) is 13.2 Å². The fourth-order valence-electron chi connectivity index (χ4n) is 2.14. The van der Waals surface area contributed by atoms with Crippen molar-refractivity contribution in [1.82, 2.24) is 5.32 Å². The van der Waals surface area contributed by atoms with E-state index in [9.17, 15) is 9.90 Å². The molecule has 0 spiro atoms. The number of carbonyl (C=O) groups is 1. The average Bonchev–Trinajstić information content (AvgIpc) is 2.80. The lowest BCUT2D eigenvalue weighted by molar-refractivity contribution is 0.0718. The Labute approximate surface area is 105 Å². The second kappa shape index (κ2) is 5.51. The lowest BCUT2D eigenvalue weighted by atomic mass is 9.92. The summed E-state index contributed by atoms with van der Waals surface area (Å²) in [5.41, 5.74) is 0. The first kappa shape index (κ1) is 12.4. The van der Waals surface area contributed by atoms with E-state index >= 15 is 0 Å². The van der Waals surface area contributed by atoms with Crippen LogP contribution in [0.5, 0.6) is 5.75 Å². The third kappa shape index (κ3) is 2.79. The van der Waals surface area contributed by atoms with E-state index in [-0.39, 0.29) is 11.9 Å². The standard InChI is InChI=1S/C12H17NO3S/c1-16-10-6-7-17-11(10)12(15)13-8-4-2-3-5-9(8)14/h6-9,14H,2-5H2,1H3,(H,13,15). The molecule has 17 heavy (non-hydrogen) atoms. The quantitative estimate of drug-likeness (QED) is 0.865. The monoisotopic (exact) mass is 255 g/mol. The van der Waals surface area contributed by atoms with E-state index < -0.39 is 6.10 Å². The molecule has 1 aromatic heterocycles. The Morgan fingerprint density at radius 1 is 1.53 bits per heavy atom.